The maximum atomic E-state index is 11.8. The molecule has 32 heavy (non-hydrogen) atoms. The van der Waals surface area contributed by atoms with Gasteiger partial charge in [0.15, 0.2) is 0 Å². The zero-order valence-corrected chi connectivity index (χ0v) is 17.2. The van der Waals surface area contributed by atoms with E-state index >= 15 is 0 Å². The molecule has 0 radical (unpaired) electrons. The highest BCUT2D eigenvalue weighted by molar-refractivity contribution is 6.23. The summed E-state index contributed by atoms with van der Waals surface area (Å²) in [5.74, 6) is -2.30. The highest BCUT2D eigenvalue weighted by Crippen LogP contribution is 2.27. The lowest BCUT2D eigenvalue weighted by molar-refractivity contribution is -0.131. The first-order valence-corrected chi connectivity index (χ1v) is 9.87. The Bertz CT molecular complexity index is 1440. The van der Waals surface area contributed by atoms with Crippen molar-refractivity contribution in [3.63, 3.8) is 0 Å². The van der Waals surface area contributed by atoms with E-state index in [0.29, 0.717) is 11.4 Å². The van der Waals surface area contributed by atoms with Crippen molar-refractivity contribution in [2.24, 2.45) is 0 Å². The molecule has 0 spiro atoms. The van der Waals surface area contributed by atoms with Gasteiger partial charge in [-0.25, -0.2) is 19.6 Å². The van der Waals surface area contributed by atoms with Crippen LogP contribution in [0, 0.1) is 13.8 Å². The second kappa shape index (κ2) is 7.05. The maximum absolute atomic E-state index is 11.8. The fourth-order valence-electron chi connectivity index (χ4n) is 3.87. The molecule has 0 unspecified atom stereocenters. The van der Waals surface area contributed by atoms with E-state index in [2.05, 4.69) is 19.9 Å². The number of aryl methyl sites for hydroxylation is 2. The van der Waals surface area contributed by atoms with Crippen LogP contribution >= 0.6 is 0 Å². The Balaban J connectivity index is 1.92. The van der Waals surface area contributed by atoms with Crippen LogP contribution in [0.5, 0.6) is 0 Å². The molecule has 0 aliphatic carbocycles. The lowest BCUT2D eigenvalue weighted by Crippen LogP contribution is -2.00. The monoisotopic (exact) mass is 426 g/mol. The number of fused-ring (bicyclic) bond motifs is 8. The van der Waals surface area contributed by atoms with Crippen molar-refractivity contribution in [1.82, 2.24) is 19.9 Å². The van der Waals surface area contributed by atoms with E-state index in [4.69, 9.17) is 0 Å². The van der Waals surface area contributed by atoms with Crippen molar-refractivity contribution in [2.75, 3.05) is 0 Å². The highest BCUT2D eigenvalue weighted by Gasteiger charge is 2.22. The van der Waals surface area contributed by atoms with Crippen LogP contribution in [0.3, 0.4) is 0 Å². The molecule has 8 bridgehead atoms. The van der Waals surface area contributed by atoms with Crippen LogP contribution in [-0.4, -0.2) is 42.1 Å². The predicted octanol–water partition coefficient (Wildman–Crippen LogP) is 4.18. The molecule has 0 aromatic carbocycles. The molecular weight excluding hydrogens is 408 g/mol. The molecule has 8 heteroatoms. The van der Waals surface area contributed by atoms with Crippen molar-refractivity contribution < 1.29 is 19.8 Å². The smallest absolute Gasteiger partial charge is 0.337 e. The molecule has 8 nitrogen and oxygen atoms in total. The molecular formula is C24H18N4O4. The van der Waals surface area contributed by atoms with Gasteiger partial charge in [-0.2, -0.15) is 0 Å². The minimum absolute atomic E-state index is 0.0224. The molecule has 0 saturated heterocycles. The number of carbonyl (C=O) groups is 2. The third kappa shape index (κ3) is 3.37. The molecule has 5 heterocycles. The number of H-pyrrole nitrogens is 2. The van der Waals surface area contributed by atoms with Crippen molar-refractivity contribution in [1.29, 1.82) is 0 Å². The molecule has 0 atom stereocenters. The van der Waals surface area contributed by atoms with Crippen LogP contribution in [0.25, 0.3) is 45.4 Å². The Morgan fingerprint density at radius 2 is 1.12 bits per heavy atom. The van der Waals surface area contributed by atoms with Crippen LogP contribution in [-0.2, 0) is 9.59 Å². The van der Waals surface area contributed by atoms with Crippen LogP contribution in [0.15, 0.2) is 36.4 Å². The number of hydrogen-bond acceptors (Lipinski definition) is 4. The van der Waals surface area contributed by atoms with Crippen LogP contribution in [0.2, 0.25) is 0 Å². The summed E-state index contributed by atoms with van der Waals surface area (Å²) >= 11 is 0. The van der Waals surface area contributed by atoms with E-state index in [1.54, 1.807) is 12.1 Å². The lowest BCUT2D eigenvalue weighted by Gasteiger charge is -1.96. The third-order valence-corrected chi connectivity index (χ3v) is 5.42. The second-order valence-corrected chi connectivity index (χ2v) is 7.79. The number of aromatic nitrogens is 4. The van der Waals surface area contributed by atoms with Gasteiger partial charge < -0.3 is 20.2 Å². The van der Waals surface area contributed by atoms with E-state index in [9.17, 15) is 19.8 Å². The summed E-state index contributed by atoms with van der Waals surface area (Å²) in [7, 11) is 0. The topological polar surface area (TPSA) is 132 Å². The van der Waals surface area contributed by atoms with Crippen LogP contribution < -0.4 is 0 Å². The number of hydrogen-bond donors (Lipinski definition) is 4. The highest BCUT2D eigenvalue weighted by atomic mass is 16.4. The van der Waals surface area contributed by atoms with Crippen LogP contribution in [0.1, 0.15) is 33.9 Å². The Hall–Kier alpha value is -4.46. The SMILES string of the molecule is Cc1cc2cc3cc(C)c(cc4nc(cc5nc(cc1[nH]2)C=C5C(=O)O)C(C(=O)O)=C4)[nH]3. The first kappa shape index (κ1) is 19.5. The average Bonchev–Trinajstić information content (AvgIpc) is 3.45. The molecule has 2 aliphatic rings. The molecule has 2 aliphatic heterocycles. The molecule has 0 saturated carbocycles. The number of carboxylic acid groups (broad SMARTS) is 2. The lowest BCUT2D eigenvalue weighted by atomic mass is 10.1. The van der Waals surface area contributed by atoms with Gasteiger partial charge in [0.05, 0.1) is 33.9 Å². The third-order valence-electron chi connectivity index (χ3n) is 5.42. The van der Waals surface area contributed by atoms with E-state index in [0.717, 1.165) is 33.2 Å². The Morgan fingerprint density at radius 1 is 0.688 bits per heavy atom. The first-order chi connectivity index (χ1) is 15.3. The Labute approximate surface area is 181 Å². The summed E-state index contributed by atoms with van der Waals surface area (Å²) in [5.41, 5.74) is 6.49. The van der Waals surface area contributed by atoms with Gasteiger partial charge in [0.25, 0.3) is 0 Å². The Kier molecular flexibility index (Phi) is 4.30. The fraction of sp³-hybridized carbons (Fsp3) is 0.0833. The summed E-state index contributed by atoms with van der Waals surface area (Å²) in [4.78, 5) is 39.1. The van der Waals surface area contributed by atoms with Gasteiger partial charge in [-0.05, 0) is 73.5 Å². The molecule has 4 N–H and O–H groups in total. The molecule has 0 fully saturated rings. The standard InChI is InChI=1S/C24H18N4O4/c1-11-3-13-5-14-4-12(2)20(26-14)9-16-7-18(24(31)32)22(28-16)10-21-17(23(29)30)6-15(27-21)8-19(11)25-13/h3-10,25-26H,1-2H3,(H,29,30)(H,31,32). The van der Waals surface area contributed by atoms with Gasteiger partial charge in [0, 0.05) is 22.1 Å². The fourth-order valence-corrected chi connectivity index (χ4v) is 3.87. The van der Waals surface area contributed by atoms with Crippen molar-refractivity contribution in [3.05, 3.63) is 70.3 Å². The summed E-state index contributed by atoms with van der Waals surface area (Å²) in [6, 6.07) is 10.9. The molecule has 158 valence electrons. The van der Waals surface area contributed by atoms with Crippen molar-refractivity contribution in [3.8, 4) is 0 Å². The van der Waals surface area contributed by atoms with Crippen LogP contribution in [0.4, 0.5) is 0 Å². The van der Waals surface area contributed by atoms with E-state index in [1.807, 2.05) is 32.0 Å². The van der Waals surface area contributed by atoms with Crippen molar-refractivity contribution in [2.45, 2.75) is 13.8 Å². The van der Waals surface area contributed by atoms with Gasteiger partial charge in [-0.1, -0.05) is 0 Å². The number of rotatable bonds is 2. The quantitative estimate of drug-likeness (QED) is 0.486. The average molecular weight is 426 g/mol. The summed E-state index contributed by atoms with van der Waals surface area (Å²) in [5, 5.41) is 19.3. The predicted molar refractivity (Wildman–Crippen MR) is 121 cm³/mol. The van der Waals surface area contributed by atoms with E-state index < -0.39 is 11.9 Å². The molecule has 3 aromatic heterocycles. The minimum atomic E-state index is -1.15. The number of carboxylic acids is 2. The van der Waals surface area contributed by atoms with Gasteiger partial charge in [0.2, 0.25) is 0 Å². The zero-order valence-electron chi connectivity index (χ0n) is 17.2. The number of nitrogens with zero attached hydrogens (tertiary/aromatic N) is 2. The minimum Gasteiger partial charge on any atom is -0.478 e. The van der Waals surface area contributed by atoms with E-state index in [1.165, 1.54) is 18.2 Å². The number of nitrogens with one attached hydrogen (secondary N) is 2. The largest absolute Gasteiger partial charge is 0.478 e. The van der Waals surface area contributed by atoms with E-state index in [-0.39, 0.29) is 22.5 Å². The number of aliphatic carboxylic acids is 2. The van der Waals surface area contributed by atoms with Gasteiger partial charge in [-0.15, -0.1) is 0 Å². The van der Waals surface area contributed by atoms with Gasteiger partial charge >= 0.3 is 11.9 Å². The first-order valence-electron chi connectivity index (χ1n) is 9.87. The number of aromatic amines is 2. The summed E-state index contributed by atoms with van der Waals surface area (Å²) < 4.78 is 0. The summed E-state index contributed by atoms with van der Waals surface area (Å²) in [6.07, 6.45) is 2.93. The zero-order chi connectivity index (χ0) is 22.6. The summed E-state index contributed by atoms with van der Waals surface area (Å²) in [6.45, 7) is 3.91. The molecule has 3 aromatic rings. The normalized spacial score (nSPS) is 12.9. The van der Waals surface area contributed by atoms with Crippen molar-refractivity contribution >= 4 is 57.3 Å². The Morgan fingerprint density at radius 3 is 1.53 bits per heavy atom. The second-order valence-electron chi connectivity index (χ2n) is 7.79. The maximum Gasteiger partial charge on any atom is 0.337 e. The molecule has 5 rings (SSSR count). The van der Waals surface area contributed by atoms with Gasteiger partial charge in [-0.3, -0.25) is 0 Å². The molecule has 0 amide bonds. The van der Waals surface area contributed by atoms with Gasteiger partial charge in [0.1, 0.15) is 0 Å².